The molecule has 0 aliphatic carbocycles. The molecule has 0 aliphatic heterocycles. The van der Waals surface area contributed by atoms with Gasteiger partial charge in [-0.05, 0) is 46.7 Å². The van der Waals surface area contributed by atoms with E-state index in [9.17, 15) is 0 Å². The molecule has 3 nitrogen and oxygen atoms in total. The van der Waals surface area contributed by atoms with Crippen molar-refractivity contribution >= 4 is 22.1 Å². The lowest BCUT2D eigenvalue weighted by atomic mass is 10.0. The third-order valence-corrected chi connectivity index (χ3v) is 4.27. The predicted molar refractivity (Wildman–Crippen MR) is 84.4 cm³/mol. The van der Waals surface area contributed by atoms with Crippen molar-refractivity contribution in [1.82, 2.24) is 10.4 Å². The van der Waals surface area contributed by atoms with Crippen LogP contribution >= 0.6 is 11.3 Å². The normalized spacial score (nSPS) is 12.7. The van der Waals surface area contributed by atoms with E-state index < -0.39 is 0 Å². The Morgan fingerprint density at radius 3 is 2.90 bits per heavy atom. The van der Waals surface area contributed by atoms with Crippen molar-refractivity contribution in [1.29, 1.82) is 0 Å². The van der Waals surface area contributed by atoms with Gasteiger partial charge in [0.2, 0.25) is 0 Å². The van der Waals surface area contributed by atoms with Gasteiger partial charge in [-0.25, -0.2) is 0 Å². The first-order valence-corrected chi connectivity index (χ1v) is 7.63. The second kappa shape index (κ2) is 6.13. The average molecular weight is 283 g/mol. The van der Waals surface area contributed by atoms with Crippen molar-refractivity contribution in [2.24, 2.45) is 5.84 Å². The molecule has 0 aliphatic rings. The molecule has 4 heteroatoms. The molecule has 0 fully saturated rings. The van der Waals surface area contributed by atoms with Gasteiger partial charge in [0.15, 0.2) is 0 Å². The van der Waals surface area contributed by atoms with Gasteiger partial charge in [-0.1, -0.05) is 24.3 Å². The smallest absolute Gasteiger partial charge is 0.0664 e. The van der Waals surface area contributed by atoms with E-state index >= 15 is 0 Å². The van der Waals surface area contributed by atoms with Crippen LogP contribution in [0, 0.1) is 0 Å². The van der Waals surface area contributed by atoms with Gasteiger partial charge in [-0.15, -0.1) is 0 Å². The number of aromatic nitrogens is 1. The lowest BCUT2D eigenvalue weighted by Gasteiger charge is -2.17. The van der Waals surface area contributed by atoms with Crippen LogP contribution in [0.2, 0.25) is 0 Å². The van der Waals surface area contributed by atoms with Gasteiger partial charge in [-0.3, -0.25) is 16.3 Å². The number of nitrogens with one attached hydrogen (secondary N) is 1. The molecule has 0 amide bonds. The van der Waals surface area contributed by atoms with Crippen molar-refractivity contribution in [2.75, 3.05) is 0 Å². The number of pyridine rings is 1. The number of fused-ring (bicyclic) bond motifs is 1. The zero-order chi connectivity index (χ0) is 13.8. The number of benzene rings is 1. The fourth-order valence-corrected chi connectivity index (χ4v) is 3.17. The van der Waals surface area contributed by atoms with Crippen LogP contribution in [0.15, 0.2) is 53.4 Å². The summed E-state index contributed by atoms with van der Waals surface area (Å²) >= 11 is 1.73. The quantitative estimate of drug-likeness (QED) is 0.557. The maximum atomic E-state index is 5.75. The Hall–Kier alpha value is -1.75. The second-order valence-electron chi connectivity index (χ2n) is 4.81. The first kappa shape index (κ1) is 13.2. The number of hydrazine groups is 1. The van der Waals surface area contributed by atoms with E-state index in [0.717, 1.165) is 18.5 Å². The summed E-state index contributed by atoms with van der Waals surface area (Å²) in [4.78, 5) is 4.54. The average Bonchev–Trinajstić information content (AvgIpc) is 3.01. The Morgan fingerprint density at radius 2 is 2.10 bits per heavy atom. The topological polar surface area (TPSA) is 50.9 Å². The molecule has 3 N–H and O–H groups in total. The summed E-state index contributed by atoms with van der Waals surface area (Å²) in [5.41, 5.74) is 5.30. The predicted octanol–water partition coefficient (Wildman–Crippen LogP) is 3.43. The standard InChI is InChI=1S/C16H17N3S/c17-19-15(6-5-12-8-10-20-11-12)16-14-4-2-1-3-13(14)7-9-18-16/h1-4,7-11,15,19H,5-6,17H2. The molecule has 1 aromatic carbocycles. The molecule has 0 saturated heterocycles. The lowest BCUT2D eigenvalue weighted by Crippen LogP contribution is -2.29. The fraction of sp³-hybridized carbons (Fsp3) is 0.188. The number of nitrogens with zero attached hydrogens (tertiary/aromatic N) is 1. The molecule has 1 unspecified atom stereocenters. The second-order valence-corrected chi connectivity index (χ2v) is 5.59. The minimum absolute atomic E-state index is 0.0704. The van der Waals surface area contributed by atoms with Crippen LogP contribution in [0.3, 0.4) is 0 Å². The molecule has 102 valence electrons. The molecule has 3 rings (SSSR count). The van der Waals surface area contributed by atoms with Gasteiger partial charge >= 0.3 is 0 Å². The third-order valence-electron chi connectivity index (χ3n) is 3.54. The summed E-state index contributed by atoms with van der Waals surface area (Å²) in [6.45, 7) is 0. The Kier molecular flexibility index (Phi) is 4.06. The summed E-state index contributed by atoms with van der Waals surface area (Å²) < 4.78 is 0. The molecule has 3 aromatic rings. The Morgan fingerprint density at radius 1 is 1.20 bits per heavy atom. The molecule has 2 aromatic heterocycles. The van der Waals surface area contributed by atoms with E-state index in [-0.39, 0.29) is 6.04 Å². The van der Waals surface area contributed by atoms with Gasteiger partial charge in [0, 0.05) is 11.6 Å². The van der Waals surface area contributed by atoms with Crippen LogP contribution in [-0.4, -0.2) is 4.98 Å². The molecule has 2 heterocycles. The Balaban J connectivity index is 1.87. The summed E-state index contributed by atoms with van der Waals surface area (Å²) in [5, 5.41) is 6.66. The summed E-state index contributed by atoms with van der Waals surface area (Å²) in [5.74, 6) is 5.75. The molecule has 0 saturated carbocycles. The van der Waals surface area contributed by atoms with E-state index in [0.29, 0.717) is 0 Å². The molecule has 20 heavy (non-hydrogen) atoms. The molecule has 0 bridgehead atoms. The number of thiophene rings is 1. The summed E-state index contributed by atoms with van der Waals surface area (Å²) in [6.07, 6.45) is 3.80. The highest BCUT2D eigenvalue weighted by Crippen LogP contribution is 2.25. The van der Waals surface area contributed by atoms with Gasteiger partial charge in [-0.2, -0.15) is 11.3 Å². The zero-order valence-corrected chi connectivity index (χ0v) is 11.9. The molecule has 1 atom stereocenters. The van der Waals surface area contributed by atoms with Crippen LogP contribution < -0.4 is 11.3 Å². The van der Waals surface area contributed by atoms with Crippen molar-refractivity contribution in [3.05, 3.63) is 64.6 Å². The van der Waals surface area contributed by atoms with E-state index in [4.69, 9.17) is 5.84 Å². The van der Waals surface area contributed by atoms with E-state index in [1.54, 1.807) is 11.3 Å². The maximum absolute atomic E-state index is 5.75. The molecule has 0 radical (unpaired) electrons. The number of hydrogen-bond donors (Lipinski definition) is 2. The van der Waals surface area contributed by atoms with Crippen LogP contribution in [0.25, 0.3) is 10.8 Å². The van der Waals surface area contributed by atoms with Crippen LogP contribution in [-0.2, 0) is 6.42 Å². The van der Waals surface area contributed by atoms with Gasteiger partial charge in [0.25, 0.3) is 0 Å². The van der Waals surface area contributed by atoms with Crippen molar-refractivity contribution in [3.63, 3.8) is 0 Å². The SMILES string of the molecule is NNC(CCc1ccsc1)c1nccc2ccccc12. The summed E-state index contributed by atoms with van der Waals surface area (Å²) in [6, 6.07) is 12.6. The van der Waals surface area contributed by atoms with Gasteiger partial charge in [0.05, 0.1) is 11.7 Å². The van der Waals surface area contributed by atoms with Crippen LogP contribution in [0.4, 0.5) is 0 Å². The van der Waals surface area contributed by atoms with E-state index in [2.05, 4.69) is 39.4 Å². The highest BCUT2D eigenvalue weighted by Gasteiger charge is 2.14. The Labute approximate surface area is 122 Å². The highest BCUT2D eigenvalue weighted by atomic mass is 32.1. The number of rotatable bonds is 5. The Bertz CT molecular complexity index is 674. The number of nitrogens with two attached hydrogens (primary N) is 1. The summed E-state index contributed by atoms with van der Waals surface area (Å²) in [7, 11) is 0. The minimum atomic E-state index is 0.0704. The molecule has 0 spiro atoms. The van der Waals surface area contributed by atoms with Crippen LogP contribution in [0.1, 0.15) is 23.7 Å². The van der Waals surface area contributed by atoms with Crippen molar-refractivity contribution in [3.8, 4) is 0 Å². The highest BCUT2D eigenvalue weighted by molar-refractivity contribution is 7.07. The lowest BCUT2D eigenvalue weighted by molar-refractivity contribution is 0.508. The number of hydrogen-bond acceptors (Lipinski definition) is 4. The van der Waals surface area contributed by atoms with Crippen molar-refractivity contribution in [2.45, 2.75) is 18.9 Å². The fourth-order valence-electron chi connectivity index (χ4n) is 2.47. The van der Waals surface area contributed by atoms with Crippen LogP contribution in [0.5, 0.6) is 0 Å². The maximum Gasteiger partial charge on any atom is 0.0664 e. The molecular formula is C16H17N3S. The largest absolute Gasteiger partial charge is 0.271 e. The first-order chi connectivity index (χ1) is 9.88. The van der Waals surface area contributed by atoms with E-state index in [1.807, 2.05) is 24.4 Å². The minimum Gasteiger partial charge on any atom is -0.271 e. The van der Waals surface area contributed by atoms with E-state index in [1.165, 1.54) is 16.3 Å². The first-order valence-electron chi connectivity index (χ1n) is 6.69. The zero-order valence-electron chi connectivity index (χ0n) is 11.1. The van der Waals surface area contributed by atoms with Gasteiger partial charge in [0.1, 0.15) is 0 Å². The van der Waals surface area contributed by atoms with Gasteiger partial charge < -0.3 is 0 Å². The third kappa shape index (κ3) is 2.72. The number of aryl methyl sites for hydroxylation is 1. The van der Waals surface area contributed by atoms with Crippen molar-refractivity contribution < 1.29 is 0 Å². The monoisotopic (exact) mass is 283 g/mol. The molecular weight excluding hydrogens is 266 g/mol.